The van der Waals surface area contributed by atoms with Crippen molar-refractivity contribution in [2.24, 2.45) is 0 Å². The number of nitrogens with zero attached hydrogens (tertiary/aromatic N) is 2. The van der Waals surface area contributed by atoms with E-state index in [1.165, 1.54) is 6.20 Å². The van der Waals surface area contributed by atoms with Gasteiger partial charge in [-0.25, -0.2) is 9.78 Å². The van der Waals surface area contributed by atoms with Crippen molar-refractivity contribution in [3.05, 3.63) is 70.5 Å². The molecule has 0 aliphatic carbocycles. The van der Waals surface area contributed by atoms with Crippen LogP contribution in [0.25, 0.3) is 17.1 Å². The fourth-order valence-corrected chi connectivity index (χ4v) is 2.49. The number of imidazole rings is 1. The van der Waals surface area contributed by atoms with Crippen LogP contribution in [0.15, 0.2) is 48.7 Å². The summed E-state index contributed by atoms with van der Waals surface area (Å²) in [5, 5.41) is 9.89. The smallest absolute Gasteiger partial charge is 0.356 e. The highest BCUT2D eigenvalue weighted by Gasteiger charge is 2.16. The Morgan fingerprint density at radius 2 is 1.83 bits per heavy atom. The largest absolute Gasteiger partial charge is 0.476 e. The number of hydrogen-bond acceptors (Lipinski definition) is 2. The predicted molar refractivity (Wildman–Crippen MR) is 90.4 cm³/mol. The summed E-state index contributed by atoms with van der Waals surface area (Å²) in [6.07, 6.45) is 1.51. The van der Waals surface area contributed by atoms with E-state index >= 15 is 0 Å². The molecule has 0 atom stereocenters. The number of carboxylic acids is 1. The van der Waals surface area contributed by atoms with E-state index in [1.807, 2.05) is 56.3 Å². The minimum absolute atomic E-state index is 0.00253. The number of rotatable bonds is 3. The lowest BCUT2D eigenvalue weighted by Crippen LogP contribution is -1.96. The molecule has 2 aromatic carbocycles. The highest BCUT2D eigenvalue weighted by Crippen LogP contribution is 2.26. The molecule has 3 aromatic rings. The van der Waals surface area contributed by atoms with Crippen LogP contribution in [-0.4, -0.2) is 20.6 Å². The molecule has 0 amide bonds. The third-order valence-corrected chi connectivity index (χ3v) is 4.08. The van der Waals surface area contributed by atoms with Crippen LogP contribution in [0.2, 0.25) is 5.02 Å². The summed E-state index contributed by atoms with van der Waals surface area (Å²) < 4.78 is 1.75. The third-order valence-electron chi connectivity index (χ3n) is 3.67. The van der Waals surface area contributed by atoms with Crippen LogP contribution in [0.4, 0.5) is 0 Å². The van der Waals surface area contributed by atoms with Crippen molar-refractivity contribution < 1.29 is 9.90 Å². The van der Waals surface area contributed by atoms with Crippen LogP contribution in [0.1, 0.15) is 21.6 Å². The Bertz CT molecular complexity index is 883. The normalized spacial score (nSPS) is 10.7. The Morgan fingerprint density at radius 3 is 2.43 bits per heavy atom. The molecular formula is C18H15ClN2O2. The van der Waals surface area contributed by atoms with E-state index in [2.05, 4.69) is 4.98 Å². The van der Waals surface area contributed by atoms with Crippen molar-refractivity contribution in [2.75, 3.05) is 0 Å². The second kappa shape index (κ2) is 5.89. The van der Waals surface area contributed by atoms with Crippen molar-refractivity contribution in [1.82, 2.24) is 9.55 Å². The van der Waals surface area contributed by atoms with Crippen molar-refractivity contribution >= 4 is 17.6 Å². The molecule has 23 heavy (non-hydrogen) atoms. The summed E-state index contributed by atoms with van der Waals surface area (Å²) >= 11 is 6.20. The Kier molecular flexibility index (Phi) is 3.92. The minimum atomic E-state index is -1.06. The van der Waals surface area contributed by atoms with Gasteiger partial charge in [-0.15, -0.1) is 0 Å². The van der Waals surface area contributed by atoms with E-state index in [4.69, 9.17) is 11.6 Å². The number of carboxylic acid groups (broad SMARTS) is 1. The summed E-state index contributed by atoms with van der Waals surface area (Å²) in [4.78, 5) is 15.6. The summed E-state index contributed by atoms with van der Waals surface area (Å²) in [7, 11) is 0. The molecule has 116 valence electrons. The molecule has 0 unspecified atom stereocenters. The Balaban J connectivity index is 2.20. The van der Waals surface area contributed by atoms with Gasteiger partial charge in [0, 0.05) is 22.5 Å². The zero-order valence-electron chi connectivity index (χ0n) is 12.7. The first-order valence-electron chi connectivity index (χ1n) is 7.12. The second-order valence-corrected chi connectivity index (χ2v) is 5.83. The van der Waals surface area contributed by atoms with Gasteiger partial charge < -0.3 is 5.11 Å². The van der Waals surface area contributed by atoms with Crippen molar-refractivity contribution in [2.45, 2.75) is 13.8 Å². The molecule has 1 N–H and O–H groups in total. The van der Waals surface area contributed by atoms with E-state index in [9.17, 15) is 9.90 Å². The maximum Gasteiger partial charge on any atom is 0.356 e. The summed E-state index contributed by atoms with van der Waals surface area (Å²) in [5.74, 6) is -0.488. The third kappa shape index (κ3) is 2.98. The standard InChI is InChI=1S/C18H15ClN2O2/c1-11-3-6-13(7-4-11)17-20-16(18(22)23)10-21(17)14-8-5-12(2)15(19)9-14/h3-10H,1-2H3,(H,22,23). The number of aromatic carboxylic acids is 1. The first-order chi connectivity index (χ1) is 11.0. The van der Waals surface area contributed by atoms with Crippen molar-refractivity contribution in [3.8, 4) is 17.1 Å². The molecule has 1 aromatic heterocycles. The van der Waals surface area contributed by atoms with E-state index < -0.39 is 5.97 Å². The lowest BCUT2D eigenvalue weighted by Gasteiger charge is -2.09. The monoisotopic (exact) mass is 326 g/mol. The molecule has 0 aliphatic heterocycles. The lowest BCUT2D eigenvalue weighted by atomic mass is 10.1. The van der Waals surface area contributed by atoms with Crippen molar-refractivity contribution in [3.63, 3.8) is 0 Å². The summed E-state index contributed by atoms with van der Waals surface area (Å²) in [6, 6.07) is 13.4. The average Bonchev–Trinajstić information content (AvgIpc) is 2.96. The van der Waals surface area contributed by atoms with E-state index in [0.717, 1.165) is 22.4 Å². The molecule has 0 saturated carbocycles. The number of carbonyl (C=O) groups is 1. The first kappa shape index (κ1) is 15.3. The Morgan fingerprint density at radius 1 is 1.13 bits per heavy atom. The average molecular weight is 327 g/mol. The Labute approximate surface area is 139 Å². The van der Waals surface area contributed by atoms with Gasteiger partial charge in [0.2, 0.25) is 0 Å². The molecule has 4 nitrogen and oxygen atoms in total. The molecule has 1 heterocycles. The highest BCUT2D eigenvalue weighted by molar-refractivity contribution is 6.31. The van der Waals surface area contributed by atoms with Gasteiger partial charge in [-0.3, -0.25) is 4.57 Å². The number of hydrogen-bond donors (Lipinski definition) is 1. The van der Waals surface area contributed by atoms with E-state index in [1.54, 1.807) is 4.57 Å². The van der Waals surface area contributed by atoms with Crippen LogP contribution >= 0.6 is 11.6 Å². The van der Waals surface area contributed by atoms with Crippen LogP contribution in [0, 0.1) is 13.8 Å². The quantitative estimate of drug-likeness (QED) is 0.770. The summed E-state index contributed by atoms with van der Waals surface area (Å²) in [6.45, 7) is 3.92. The number of benzene rings is 2. The van der Waals surface area contributed by atoms with Gasteiger partial charge in [-0.1, -0.05) is 47.5 Å². The fourth-order valence-electron chi connectivity index (χ4n) is 2.32. The van der Waals surface area contributed by atoms with Gasteiger partial charge in [-0.05, 0) is 31.5 Å². The van der Waals surface area contributed by atoms with Gasteiger partial charge in [0.1, 0.15) is 5.82 Å². The topological polar surface area (TPSA) is 55.1 Å². The second-order valence-electron chi connectivity index (χ2n) is 5.42. The molecule has 0 spiro atoms. The fraction of sp³-hybridized carbons (Fsp3) is 0.111. The molecular weight excluding hydrogens is 312 g/mol. The van der Waals surface area contributed by atoms with Crippen molar-refractivity contribution in [1.29, 1.82) is 0 Å². The Hall–Kier alpha value is -2.59. The lowest BCUT2D eigenvalue weighted by molar-refractivity contribution is 0.0691. The van der Waals surface area contributed by atoms with Gasteiger partial charge >= 0.3 is 5.97 Å². The predicted octanol–water partition coefficient (Wildman–Crippen LogP) is 4.51. The maximum atomic E-state index is 11.3. The minimum Gasteiger partial charge on any atom is -0.476 e. The van der Waals surface area contributed by atoms with Gasteiger partial charge in [0.15, 0.2) is 5.69 Å². The molecule has 0 radical (unpaired) electrons. The summed E-state index contributed by atoms with van der Waals surface area (Å²) in [5.41, 5.74) is 3.71. The molecule has 0 fully saturated rings. The van der Waals surface area contributed by atoms with Gasteiger partial charge in [-0.2, -0.15) is 0 Å². The molecule has 0 bridgehead atoms. The van der Waals surface area contributed by atoms with Crippen LogP contribution in [0.5, 0.6) is 0 Å². The zero-order chi connectivity index (χ0) is 16.6. The first-order valence-corrected chi connectivity index (χ1v) is 7.50. The zero-order valence-corrected chi connectivity index (χ0v) is 13.5. The SMILES string of the molecule is Cc1ccc(-c2nc(C(=O)O)cn2-c2ccc(C)c(Cl)c2)cc1. The number of halogens is 1. The van der Waals surface area contributed by atoms with E-state index in [0.29, 0.717) is 10.8 Å². The molecule has 0 aliphatic rings. The molecule has 0 saturated heterocycles. The molecule has 5 heteroatoms. The van der Waals surface area contributed by atoms with E-state index in [-0.39, 0.29) is 5.69 Å². The number of aryl methyl sites for hydroxylation is 2. The van der Waals surface area contributed by atoms with Crippen LogP contribution < -0.4 is 0 Å². The van der Waals surface area contributed by atoms with Gasteiger partial charge in [0.05, 0.1) is 0 Å². The molecule has 3 rings (SSSR count). The van der Waals surface area contributed by atoms with Gasteiger partial charge in [0.25, 0.3) is 0 Å². The maximum absolute atomic E-state index is 11.3. The highest BCUT2D eigenvalue weighted by atomic mass is 35.5. The van der Waals surface area contributed by atoms with Crippen LogP contribution in [-0.2, 0) is 0 Å². The number of aromatic nitrogens is 2. The van der Waals surface area contributed by atoms with Crippen LogP contribution in [0.3, 0.4) is 0 Å².